The van der Waals surface area contributed by atoms with E-state index in [1.54, 1.807) is 0 Å². The van der Waals surface area contributed by atoms with Crippen molar-refractivity contribution in [3.8, 4) is 0 Å². The first kappa shape index (κ1) is 14.4. The summed E-state index contributed by atoms with van der Waals surface area (Å²) >= 11 is 4.23. The Bertz CT molecular complexity index is 157. The zero-order valence-electron chi connectivity index (χ0n) is 11.0. The molecule has 0 aromatic heterocycles. The first-order valence-corrected chi connectivity index (χ1v) is 7.75. The zero-order chi connectivity index (χ0) is 11.6. The van der Waals surface area contributed by atoms with Gasteiger partial charge in [-0.1, -0.05) is 32.1 Å². The van der Waals surface area contributed by atoms with E-state index in [9.17, 15) is 0 Å². The molecule has 0 spiro atoms. The maximum Gasteiger partial charge on any atom is 0.000661 e. The van der Waals surface area contributed by atoms with E-state index in [2.05, 4.69) is 24.6 Å². The summed E-state index contributed by atoms with van der Waals surface area (Å²) in [5.41, 5.74) is 0. The molecule has 1 nitrogen and oxygen atoms in total. The van der Waals surface area contributed by atoms with Crippen molar-refractivity contribution in [2.45, 2.75) is 57.8 Å². The van der Waals surface area contributed by atoms with E-state index in [1.807, 2.05) is 0 Å². The lowest BCUT2D eigenvalue weighted by Crippen LogP contribution is -2.22. The summed E-state index contributed by atoms with van der Waals surface area (Å²) in [7, 11) is 2.28. The number of unbranched alkanes of at least 4 members (excludes halogenated alkanes) is 6. The van der Waals surface area contributed by atoms with Gasteiger partial charge in [0.1, 0.15) is 0 Å². The first-order valence-electron chi connectivity index (χ1n) is 7.12. The lowest BCUT2D eigenvalue weighted by Gasteiger charge is -2.15. The quantitative estimate of drug-likeness (QED) is 0.424. The molecule has 0 aliphatic heterocycles. The minimum Gasteiger partial charge on any atom is -0.306 e. The van der Waals surface area contributed by atoms with Gasteiger partial charge in [0.25, 0.3) is 0 Å². The normalized spacial score (nSPS) is 15.9. The van der Waals surface area contributed by atoms with Crippen LogP contribution in [0.25, 0.3) is 0 Å². The Labute approximate surface area is 107 Å². The van der Waals surface area contributed by atoms with Crippen molar-refractivity contribution in [2.24, 2.45) is 5.92 Å². The second-order valence-electron chi connectivity index (χ2n) is 5.40. The summed E-state index contributed by atoms with van der Waals surface area (Å²) in [6, 6.07) is 0. The van der Waals surface area contributed by atoms with Crippen molar-refractivity contribution in [3.63, 3.8) is 0 Å². The lowest BCUT2D eigenvalue weighted by atomic mass is 10.1. The van der Waals surface area contributed by atoms with Crippen LogP contribution < -0.4 is 0 Å². The molecule has 0 atom stereocenters. The minimum atomic E-state index is 1.05. The Morgan fingerprint density at radius 1 is 0.938 bits per heavy atom. The molecule has 0 heterocycles. The number of hydrogen-bond donors (Lipinski definition) is 1. The molecule has 1 saturated carbocycles. The molecule has 0 saturated heterocycles. The second-order valence-corrected chi connectivity index (χ2v) is 5.85. The first-order chi connectivity index (χ1) is 7.83. The smallest absolute Gasteiger partial charge is 0.000661 e. The summed E-state index contributed by atoms with van der Waals surface area (Å²) in [5.74, 6) is 2.11. The van der Waals surface area contributed by atoms with Crippen molar-refractivity contribution in [2.75, 3.05) is 25.9 Å². The highest BCUT2D eigenvalue weighted by atomic mass is 32.1. The van der Waals surface area contributed by atoms with Gasteiger partial charge in [-0.05, 0) is 50.9 Å². The molecule has 0 bridgehead atoms. The fourth-order valence-electron chi connectivity index (χ4n) is 2.21. The summed E-state index contributed by atoms with van der Waals surface area (Å²) < 4.78 is 0. The fraction of sp³-hybridized carbons (Fsp3) is 1.00. The molecule has 1 rings (SSSR count). The summed E-state index contributed by atoms with van der Waals surface area (Å²) in [6.07, 6.45) is 12.7. The van der Waals surface area contributed by atoms with Crippen molar-refractivity contribution in [1.82, 2.24) is 4.90 Å². The van der Waals surface area contributed by atoms with Crippen LogP contribution in [0.3, 0.4) is 0 Å². The Morgan fingerprint density at radius 2 is 1.50 bits per heavy atom. The third-order valence-electron chi connectivity index (χ3n) is 3.46. The Kier molecular flexibility index (Phi) is 8.40. The third kappa shape index (κ3) is 8.46. The second kappa shape index (κ2) is 9.35. The van der Waals surface area contributed by atoms with Crippen LogP contribution in [0.15, 0.2) is 0 Å². The largest absolute Gasteiger partial charge is 0.306 e. The van der Waals surface area contributed by atoms with Gasteiger partial charge in [-0.2, -0.15) is 12.6 Å². The molecule has 0 unspecified atom stereocenters. The lowest BCUT2D eigenvalue weighted by molar-refractivity contribution is 0.311. The molecule has 0 N–H and O–H groups in total. The highest BCUT2D eigenvalue weighted by Crippen LogP contribution is 2.29. The number of rotatable bonds is 11. The van der Waals surface area contributed by atoms with E-state index in [0.717, 1.165) is 11.7 Å². The maximum absolute atomic E-state index is 4.23. The highest BCUT2D eigenvalue weighted by Gasteiger charge is 2.22. The molecule has 0 radical (unpaired) electrons. The van der Waals surface area contributed by atoms with Crippen molar-refractivity contribution < 1.29 is 0 Å². The number of hydrogen-bond acceptors (Lipinski definition) is 2. The molecule has 1 fully saturated rings. The van der Waals surface area contributed by atoms with Crippen LogP contribution in [0.4, 0.5) is 0 Å². The van der Waals surface area contributed by atoms with Crippen LogP contribution in [0.1, 0.15) is 57.8 Å². The third-order valence-corrected chi connectivity index (χ3v) is 3.78. The molecule has 96 valence electrons. The van der Waals surface area contributed by atoms with Gasteiger partial charge in [0.2, 0.25) is 0 Å². The predicted molar refractivity (Wildman–Crippen MR) is 76.4 cm³/mol. The van der Waals surface area contributed by atoms with Gasteiger partial charge in [-0.15, -0.1) is 0 Å². The molecular formula is C14H29NS. The average molecular weight is 243 g/mol. The number of nitrogens with zero attached hydrogens (tertiary/aromatic N) is 1. The Balaban J connectivity index is 1.73. The minimum absolute atomic E-state index is 1.05. The predicted octanol–water partition coefficient (Wildman–Crippen LogP) is 3.99. The molecular weight excluding hydrogens is 214 g/mol. The van der Waals surface area contributed by atoms with Crippen LogP contribution in [-0.4, -0.2) is 30.8 Å². The van der Waals surface area contributed by atoms with Crippen LogP contribution in [-0.2, 0) is 0 Å². The molecule has 16 heavy (non-hydrogen) atoms. The van der Waals surface area contributed by atoms with Gasteiger partial charge in [0, 0.05) is 6.54 Å². The van der Waals surface area contributed by atoms with E-state index in [0.29, 0.717) is 0 Å². The molecule has 2 heteroatoms. The summed E-state index contributed by atoms with van der Waals surface area (Å²) in [4.78, 5) is 2.53. The molecule has 0 aromatic carbocycles. The average Bonchev–Trinajstić information content (AvgIpc) is 3.06. The summed E-state index contributed by atoms with van der Waals surface area (Å²) in [5, 5.41) is 0. The van der Waals surface area contributed by atoms with Crippen LogP contribution >= 0.6 is 12.6 Å². The van der Waals surface area contributed by atoms with Crippen molar-refractivity contribution in [1.29, 1.82) is 0 Å². The van der Waals surface area contributed by atoms with E-state index in [4.69, 9.17) is 0 Å². The van der Waals surface area contributed by atoms with Crippen LogP contribution in [0.5, 0.6) is 0 Å². The van der Waals surface area contributed by atoms with E-state index >= 15 is 0 Å². The Hall–Kier alpha value is 0.310. The van der Waals surface area contributed by atoms with Crippen molar-refractivity contribution >= 4 is 12.6 Å². The van der Waals surface area contributed by atoms with Gasteiger partial charge in [0.15, 0.2) is 0 Å². The maximum atomic E-state index is 4.23. The van der Waals surface area contributed by atoms with E-state index in [-0.39, 0.29) is 0 Å². The molecule has 0 aromatic rings. The van der Waals surface area contributed by atoms with Gasteiger partial charge in [-0.3, -0.25) is 0 Å². The Morgan fingerprint density at radius 3 is 2.06 bits per heavy atom. The summed E-state index contributed by atoms with van der Waals surface area (Å²) in [6.45, 7) is 2.66. The standard InChI is InChI=1S/C14H29NS/c1-15(13-14-9-10-14)11-7-5-3-2-4-6-8-12-16/h14,16H,2-13H2,1H3. The van der Waals surface area contributed by atoms with E-state index < -0.39 is 0 Å². The van der Waals surface area contributed by atoms with Gasteiger partial charge in [0.05, 0.1) is 0 Å². The van der Waals surface area contributed by atoms with Crippen LogP contribution in [0.2, 0.25) is 0 Å². The van der Waals surface area contributed by atoms with Gasteiger partial charge < -0.3 is 4.90 Å². The SMILES string of the molecule is CN(CCCCCCCCCS)CC1CC1. The van der Waals surface area contributed by atoms with Gasteiger partial charge >= 0.3 is 0 Å². The molecule has 1 aliphatic carbocycles. The van der Waals surface area contributed by atoms with Crippen LogP contribution in [0, 0.1) is 5.92 Å². The monoisotopic (exact) mass is 243 g/mol. The topological polar surface area (TPSA) is 3.24 Å². The zero-order valence-corrected chi connectivity index (χ0v) is 11.9. The van der Waals surface area contributed by atoms with Crippen molar-refractivity contribution in [3.05, 3.63) is 0 Å². The molecule has 1 aliphatic rings. The fourth-order valence-corrected chi connectivity index (χ4v) is 2.43. The molecule has 0 amide bonds. The number of thiol groups is 1. The highest BCUT2D eigenvalue weighted by molar-refractivity contribution is 7.80. The van der Waals surface area contributed by atoms with E-state index in [1.165, 1.54) is 70.9 Å². The van der Waals surface area contributed by atoms with Gasteiger partial charge in [-0.25, -0.2) is 0 Å².